The van der Waals surface area contributed by atoms with Crippen LogP contribution in [0.15, 0.2) is 18.2 Å². The number of methoxy groups -OCH3 is 1. The van der Waals surface area contributed by atoms with Crippen molar-refractivity contribution in [2.24, 2.45) is 0 Å². The van der Waals surface area contributed by atoms with Crippen LogP contribution in [0.4, 0.5) is 11.4 Å². The molecule has 0 unspecified atom stereocenters. The third kappa shape index (κ3) is 4.60. The monoisotopic (exact) mass is 403 g/mol. The van der Waals surface area contributed by atoms with E-state index in [9.17, 15) is 24.5 Å². The number of nitro groups is 1. The van der Waals surface area contributed by atoms with Gasteiger partial charge < -0.3 is 19.8 Å². The number of amides is 1. The van der Waals surface area contributed by atoms with Gasteiger partial charge in [0.15, 0.2) is 11.9 Å². The molecule has 0 aliphatic heterocycles. The molecule has 2 rings (SSSR count). The van der Waals surface area contributed by atoms with Gasteiger partial charge in [0.05, 0.1) is 18.1 Å². The summed E-state index contributed by atoms with van der Waals surface area (Å²) in [5.74, 6) is -1.51. The molecule has 1 aromatic carbocycles. The highest BCUT2D eigenvalue weighted by atomic mass is 16.6. The van der Waals surface area contributed by atoms with E-state index in [1.54, 1.807) is 13.8 Å². The number of aromatic amines is 1. The Labute approximate surface area is 166 Å². The molecule has 0 radical (unpaired) electrons. The van der Waals surface area contributed by atoms with Gasteiger partial charge in [0.2, 0.25) is 0 Å². The zero-order valence-electron chi connectivity index (χ0n) is 16.6. The maximum atomic E-state index is 12.4. The minimum atomic E-state index is -1.24. The highest BCUT2D eigenvalue weighted by Gasteiger charge is 2.26. The first-order valence-corrected chi connectivity index (χ1v) is 8.61. The van der Waals surface area contributed by atoms with E-state index in [0.717, 1.165) is 0 Å². The lowest BCUT2D eigenvalue weighted by atomic mass is 10.1. The third-order valence-corrected chi connectivity index (χ3v) is 4.31. The van der Waals surface area contributed by atoms with Crippen LogP contribution < -0.4 is 10.1 Å². The Hall–Kier alpha value is -3.69. The Bertz CT molecular complexity index is 994. The Morgan fingerprint density at radius 3 is 2.41 bits per heavy atom. The van der Waals surface area contributed by atoms with Crippen LogP contribution in [0.2, 0.25) is 0 Å². The van der Waals surface area contributed by atoms with Gasteiger partial charge in [0, 0.05) is 11.3 Å². The standard InChI is InChI=1S/C19H21N3O7/c1-9-16(11(3)23)10(2)20-17(9)19(25)29-12(4)18(24)21-14-7-6-13(28-5)8-15(14)22(26)27/h6-8,12,20H,1-5H3,(H,21,24)/t12-/m0/s1. The number of benzene rings is 1. The Morgan fingerprint density at radius 1 is 1.24 bits per heavy atom. The molecular formula is C19H21N3O7. The van der Waals surface area contributed by atoms with Gasteiger partial charge >= 0.3 is 5.97 Å². The molecule has 0 saturated carbocycles. The van der Waals surface area contributed by atoms with Gasteiger partial charge in [-0.2, -0.15) is 0 Å². The number of hydrogen-bond donors (Lipinski definition) is 2. The Kier molecular flexibility index (Phi) is 6.37. The van der Waals surface area contributed by atoms with Crippen LogP contribution in [0.1, 0.15) is 46.0 Å². The number of Topliss-reactive ketones (excluding diaryl/α,β-unsaturated/α-hetero) is 1. The molecule has 0 aliphatic carbocycles. The summed E-state index contributed by atoms with van der Waals surface area (Å²) in [6, 6.07) is 3.94. The number of ether oxygens (including phenoxy) is 2. The maximum absolute atomic E-state index is 12.4. The fourth-order valence-corrected chi connectivity index (χ4v) is 2.88. The van der Waals surface area contributed by atoms with Crippen molar-refractivity contribution in [3.8, 4) is 5.75 Å². The molecular weight excluding hydrogens is 382 g/mol. The lowest BCUT2D eigenvalue weighted by molar-refractivity contribution is -0.384. The molecule has 1 heterocycles. The summed E-state index contributed by atoms with van der Waals surface area (Å²) in [7, 11) is 1.36. The molecule has 2 N–H and O–H groups in total. The van der Waals surface area contributed by atoms with Crippen LogP contribution in [-0.2, 0) is 9.53 Å². The smallest absolute Gasteiger partial charge is 0.355 e. The van der Waals surface area contributed by atoms with Crippen molar-refractivity contribution in [1.82, 2.24) is 4.98 Å². The molecule has 0 saturated heterocycles. The van der Waals surface area contributed by atoms with Crippen molar-refractivity contribution in [2.45, 2.75) is 33.8 Å². The van der Waals surface area contributed by atoms with E-state index in [4.69, 9.17) is 9.47 Å². The number of nitrogens with zero attached hydrogens (tertiary/aromatic N) is 1. The van der Waals surface area contributed by atoms with E-state index >= 15 is 0 Å². The van der Waals surface area contributed by atoms with Gasteiger partial charge in [0.25, 0.3) is 11.6 Å². The number of carbonyl (C=O) groups is 3. The van der Waals surface area contributed by atoms with Gasteiger partial charge in [-0.25, -0.2) is 4.79 Å². The molecule has 0 fully saturated rings. The number of aryl methyl sites for hydroxylation is 1. The average molecular weight is 403 g/mol. The fourth-order valence-electron chi connectivity index (χ4n) is 2.88. The molecule has 1 atom stereocenters. The number of anilines is 1. The van der Waals surface area contributed by atoms with Crippen LogP contribution in [0.5, 0.6) is 5.75 Å². The summed E-state index contributed by atoms with van der Waals surface area (Å²) >= 11 is 0. The van der Waals surface area contributed by atoms with Crippen LogP contribution in [0, 0.1) is 24.0 Å². The van der Waals surface area contributed by atoms with Gasteiger partial charge in [0.1, 0.15) is 17.1 Å². The number of carbonyl (C=O) groups excluding carboxylic acids is 3. The largest absolute Gasteiger partial charge is 0.496 e. The maximum Gasteiger partial charge on any atom is 0.355 e. The molecule has 0 spiro atoms. The first-order chi connectivity index (χ1) is 13.6. The van der Waals surface area contributed by atoms with Gasteiger partial charge in [-0.1, -0.05) is 0 Å². The highest BCUT2D eigenvalue weighted by molar-refractivity contribution is 6.02. The lowest BCUT2D eigenvalue weighted by Crippen LogP contribution is -2.30. The number of H-pyrrole nitrogens is 1. The summed E-state index contributed by atoms with van der Waals surface area (Å²) in [6.07, 6.45) is -1.24. The van der Waals surface area contributed by atoms with E-state index in [2.05, 4.69) is 10.3 Å². The number of nitro benzene ring substituents is 1. The summed E-state index contributed by atoms with van der Waals surface area (Å²) in [5.41, 5.74) is 0.990. The Balaban J connectivity index is 2.16. The summed E-state index contributed by atoms with van der Waals surface area (Å²) < 4.78 is 10.1. The summed E-state index contributed by atoms with van der Waals surface area (Å²) in [4.78, 5) is 49.8. The molecule has 10 nitrogen and oxygen atoms in total. The predicted molar refractivity (Wildman–Crippen MR) is 103 cm³/mol. The van der Waals surface area contributed by atoms with Gasteiger partial charge in [-0.3, -0.25) is 19.7 Å². The van der Waals surface area contributed by atoms with E-state index < -0.39 is 22.9 Å². The highest BCUT2D eigenvalue weighted by Crippen LogP contribution is 2.29. The second kappa shape index (κ2) is 8.55. The second-order valence-electron chi connectivity index (χ2n) is 6.36. The molecule has 0 aliphatic rings. The van der Waals surface area contributed by atoms with Crippen molar-refractivity contribution >= 4 is 29.0 Å². The second-order valence-corrected chi connectivity index (χ2v) is 6.36. The first-order valence-electron chi connectivity index (χ1n) is 8.61. The van der Waals surface area contributed by atoms with Crippen molar-refractivity contribution in [2.75, 3.05) is 12.4 Å². The van der Waals surface area contributed by atoms with E-state index in [0.29, 0.717) is 16.8 Å². The molecule has 1 amide bonds. The van der Waals surface area contributed by atoms with Crippen molar-refractivity contribution in [3.05, 3.63) is 50.8 Å². The average Bonchev–Trinajstić information content (AvgIpc) is 2.96. The lowest BCUT2D eigenvalue weighted by Gasteiger charge is -2.14. The zero-order valence-corrected chi connectivity index (χ0v) is 16.6. The molecule has 2 aromatic rings. The topological polar surface area (TPSA) is 141 Å². The van der Waals surface area contributed by atoms with Crippen LogP contribution in [-0.4, -0.2) is 40.8 Å². The Morgan fingerprint density at radius 2 is 1.90 bits per heavy atom. The number of ketones is 1. The minimum Gasteiger partial charge on any atom is -0.496 e. The number of nitrogens with one attached hydrogen (secondary N) is 2. The van der Waals surface area contributed by atoms with Gasteiger partial charge in [-0.15, -0.1) is 0 Å². The third-order valence-electron chi connectivity index (χ3n) is 4.31. The van der Waals surface area contributed by atoms with E-state index in [-0.39, 0.29) is 28.6 Å². The van der Waals surface area contributed by atoms with Crippen LogP contribution in [0.3, 0.4) is 0 Å². The van der Waals surface area contributed by atoms with Crippen molar-refractivity contribution in [3.63, 3.8) is 0 Å². The molecule has 0 bridgehead atoms. The number of esters is 1. The molecule has 10 heteroatoms. The van der Waals surface area contributed by atoms with Crippen molar-refractivity contribution < 1.29 is 28.8 Å². The quantitative estimate of drug-likeness (QED) is 0.313. The van der Waals surface area contributed by atoms with Crippen LogP contribution >= 0.6 is 0 Å². The van der Waals surface area contributed by atoms with Gasteiger partial charge in [-0.05, 0) is 45.4 Å². The molecule has 154 valence electrons. The number of rotatable bonds is 7. The number of aromatic nitrogens is 1. The predicted octanol–water partition coefficient (Wildman–Crippen LogP) is 2.93. The minimum absolute atomic E-state index is 0.0607. The summed E-state index contributed by atoms with van der Waals surface area (Å²) in [6.45, 7) is 5.97. The zero-order chi connectivity index (χ0) is 21.9. The summed E-state index contributed by atoms with van der Waals surface area (Å²) in [5, 5.41) is 13.6. The first kappa shape index (κ1) is 21.6. The van der Waals surface area contributed by atoms with E-state index in [1.807, 2.05) is 0 Å². The molecule has 29 heavy (non-hydrogen) atoms. The number of hydrogen-bond acceptors (Lipinski definition) is 7. The van der Waals surface area contributed by atoms with E-state index in [1.165, 1.54) is 39.2 Å². The normalized spacial score (nSPS) is 11.5. The van der Waals surface area contributed by atoms with Crippen molar-refractivity contribution in [1.29, 1.82) is 0 Å². The van der Waals surface area contributed by atoms with Crippen LogP contribution in [0.25, 0.3) is 0 Å². The SMILES string of the molecule is COc1ccc(NC(=O)[C@H](C)OC(=O)c2[nH]c(C)c(C(C)=O)c2C)c([N+](=O)[O-])c1. The fraction of sp³-hybridized carbons (Fsp3) is 0.316. The molecule has 1 aromatic heterocycles.